The van der Waals surface area contributed by atoms with E-state index in [0.717, 1.165) is 11.3 Å². The minimum Gasteiger partial charge on any atom is -0.496 e. The first-order valence-corrected chi connectivity index (χ1v) is 13.0. The number of amides is 2. The van der Waals surface area contributed by atoms with E-state index in [1.807, 2.05) is 41.3 Å². The van der Waals surface area contributed by atoms with E-state index in [-0.39, 0.29) is 17.5 Å². The predicted octanol–water partition coefficient (Wildman–Crippen LogP) is 4.93. The monoisotopic (exact) mass is 570 g/mol. The van der Waals surface area contributed by atoms with Crippen LogP contribution in [0, 0.1) is 11.8 Å². The van der Waals surface area contributed by atoms with Gasteiger partial charge in [-0.1, -0.05) is 30.4 Å². The van der Waals surface area contributed by atoms with Crippen LogP contribution >= 0.6 is 15.9 Å². The number of benzene rings is 3. The summed E-state index contributed by atoms with van der Waals surface area (Å²) in [5.41, 5.74) is 3.04. The molecule has 2 saturated heterocycles. The van der Waals surface area contributed by atoms with Crippen molar-refractivity contribution in [3.05, 3.63) is 94.0 Å². The molecule has 2 fully saturated rings. The van der Waals surface area contributed by atoms with Crippen LogP contribution < -0.4 is 14.5 Å². The molecule has 6 rings (SSSR count). The number of carbonyl (C=O) groups excluding carboxylic acids is 4. The Kier molecular flexibility index (Phi) is 5.79. The highest BCUT2D eigenvalue weighted by Gasteiger charge is 2.64. The van der Waals surface area contributed by atoms with Gasteiger partial charge >= 0.3 is 0 Å². The standard InChI is InChI=1S/C30H23BrN2O5/c1-16(34)17-7-11-20(12-8-17)32-29(36)25-23-13-9-18-5-3-4-6-22(18)33(23)27(26(25)30(32)37)28(35)19-10-14-24(38-2)21(31)15-19/h3-15,23,25-27H,1-2H3/t23-,25-,26-,27+/m0/s1. The highest BCUT2D eigenvalue weighted by atomic mass is 79.9. The fourth-order valence-corrected chi connectivity index (χ4v) is 6.44. The molecule has 0 radical (unpaired) electrons. The van der Waals surface area contributed by atoms with Crippen LogP contribution in [0.2, 0.25) is 0 Å². The molecule has 38 heavy (non-hydrogen) atoms. The third-order valence-corrected chi connectivity index (χ3v) is 8.27. The molecule has 0 N–H and O–H groups in total. The van der Waals surface area contributed by atoms with E-state index in [9.17, 15) is 19.2 Å². The summed E-state index contributed by atoms with van der Waals surface area (Å²) in [6, 6.07) is 17.8. The summed E-state index contributed by atoms with van der Waals surface area (Å²) in [5, 5.41) is 0. The van der Waals surface area contributed by atoms with Gasteiger partial charge in [-0.2, -0.15) is 0 Å². The number of anilines is 2. The third kappa shape index (κ3) is 3.55. The Morgan fingerprint density at radius 3 is 2.26 bits per heavy atom. The van der Waals surface area contributed by atoms with Crippen molar-refractivity contribution >= 4 is 56.8 Å². The van der Waals surface area contributed by atoms with Crippen LogP contribution in [0.1, 0.15) is 33.2 Å². The van der Waals surface area contributed by atoms with Crippen LogP contribution in [0.5, 0.6) is 5.75 Å². The van der Waals surface area contributed by atoms with Crippen LogP contribution in [0.25, 0.3) is 6.08 Å². The second-order valence-corrected chi connectivity index (χ2v) is 10.5. The first kappa shape index (κ1) is 24.3. The fourth-order valence-electron chi connectivity index (χ4n) is 5.90. The summed E-state index contributed by atoms with van der Waals surface area (Å²) in [5.74, 6) is -2.12. The van der Waals surface area contributed by atoms with Crippen molar-refractivity contribution in [3.63, 3.8) is 0 Å². The molecule has 3 heterocycles. The molecule has 0 spiro atoms. The molecule has 3 aromatic rings. The summed E-state index contributed by atoms with van der Waals surface area (Å²) < 4.78 is 5.94. The van der Waals surface area contributed by atoms with E-state index < -0.39 is 29.8 Å². The van der Waals surface area contributed by atoms with Gasteiger partial charge in [0.05, 0.1) is 35.1 Å². The number of methoxy groups -OCH3 is 1. The summed E-state index contributed by atoms with van der Waals surface area (Å²) in [4.78, 5) is 56.9. The number of para-hydroxylation sites is 1. The minimum atomic E-state index is -0.880. The van der Waals surface area contributed by atoms with E-state index >= 15 is 0 Å². The number of imide groups is 1. The van der Waals surface area contributed by atoms with E-state index in [4.69, 9.17) is 4.74 Å². The molecule has 190 valence electrons. The number of rotatable bonds is 5. The molecule has 7 nitrogen and oxygen atoms in total. The largest absolute Gasteiger partial charge is 0.496 e. The maximum absolute atomic E-state index is 14.2. The summed E-state index contributed by atoms with van der Waals surface area (Å²) in [6.07, 6.45) is 3.87. The van der Waals surface area contributed by atoms with Gasteiger partial charge in [0.25, 0.3) is 0 Å². The Bertz CT molecular complexity index is 1550. The van der Waals surface area contributed by atoms with Gasteiger partial charge in [0.1, 0.15) is 11.8 Å². The van der Waals surface area contributed by atoms with Gasteiger partial charge in [-0.15, -0.1) is 0 Å². The number of nitrogens with zero attached hydrogens (tertiary/aromatic N) is 2. The number of fused-ring (bicyclic) bond motifs is 5. The Labute approximate surface area is 227 Å². The topological polar surface area (TPSA) is 84.0 Å². The normalized spacial score (nSPS) is 23.2. The molecule has 4 atom stereocenters. The average molecular weight is 571 g/mol. The number of halogens is 1. The number of hydrogen-bond acceptors (Lipinski definition) is 6. The number of hydrogen-bond donors (Lipinski definition) is 0. The highest BCUT2D eigenvalue weighted by Crippen LogP contribution is 2.50. The first-order valence-electron chi connectivity index (χ1n) is 12.2. The maximum Gasteiger partial charge on any atom is 0.240 e. The molecule has 0 bridgehead atoms. The second-order valence-electron chi connectivity index (χ2n) is 9.64. The van der Waals surface area contributed by atoms with Crippen LogP contribution in [-0.2, 0) is 9.59 Å². The third-order valence-electron chi connectivity index (χ3n) is 7.65. The summed E-state index contributed by atoms with van der Waals surface area (Å²) in [7, 11) is 1.55. The van der Waals surface area contributed by atoms with E-state index in [1.165, 1.54) is 11.8 Å². The Morgan fingerprint density at radius 1 is 0.895 bits per heavy atom. The molecule has 0 aromatic heterocycles. The zero-order valence-electron chi connectivity index (χ0n) is 20.6. The lowest BCUT2D eigenvalue weighted by molar-refractivity contribution is -0.122. The van der Waals surface area contributed by atoms with Gasteiger partial charge in [-0.3, -0.25) is 19.2 Å². The van der Waals surface area contributed by atoms with Crippen LogP contribution in [-0.4, -0.2) is 42.6 Å². The Hall–Kier alpha value is -4.04. The molecule has 0 aliphatic carbocycles. The van der Waals surface area contributed by atoms with Gasteiger partial charge in [0.15, 0.2) is 11.6 Å². The molecule has 3 aliphatic rings. The molecule has 2 amide bonds. The highest BCUT2D eigenvalue weighted by molar-refractivity contribution is 9.10. The van der Waals surface area contributed by atoms with E-state index in [1.54, 1.807) is 49.6 Å². The van der Waals surface area contributed by atoms with Crippen molar-refractivity contribution in [2.75, 3.05) is 16.9 Å². The lowest BCUT2D eigenvalue weighted by atomic mass is 9.86. The van der Waals surface area contributed by atoms with Crippen molar-refractivity contribution < 1.29 is 23.9 Å². The van der Waals surface area contributed by atoms with Gasteiger partial charge in [0, 0.05) is 16.8 Å². The lowest BCUT2D eigenvalue weighted by Crippen LogP contribution is -2.48. The number of ketones is 2. The van der Waals surface area contributed by atoms with Gasteiger partial charge in [0.2, 0.25) is 11.8 Å². The molecule has 3 aliphatic heterocycles. The molecule has 0 saturated carbocycles. The first-order chi connectivity index (χ1) is 18.3. The van der Waals surface area contributed by atoms with E-state index in [2.05, 4.69) is 15.9 Å². The van der Waals surface area contributed by atoms with Crippen molar-refractivity contribution in [2.45, 2.75) is 19.0 Å². The SMILES string of the molecule is COc1ccc(C(=O)[C@H]2[C@H]3C(=O)N(c4ccc(C(C)=O)cc4)C(=O)[C@H]3[C@@H]3C=Cc4ccccc4N32)cc1Br. The molecule has 8 heteroatoms. The zero-order chi connectivity index (χ0) is 26.7. The van der Waals surface area contributed by atoms with Gasteiger partial charge < -0.3 is 9.64 Å². The number of Topliss-reactive ketones (excluding diaryl/α,β-unsaturated/α-hetero) is 2. The molecule has 3 aromatic carbocycles. The maximum atomic E-state index is 14.2. The smallest absolute Gasteiger partial charge is 0.240 e. The zero-order valence-corrected chi connectivity index (χ0v) is 22.2. The van der Waals surface area contributed by atoms with Gasteiger partial charge in [-0.25, -0.2) is 4.90 Å². The second kappa shape index (κ2) is 9.06. The minimum absolute atomic E-state index is 0.106. The lowest BCUT2D eigenvalue weighted by Gasteiger charge is -2.36. The molecular weight excluding hydrogens is 548 g/mol. The van der Waals surface area contributed by atoms with Crippen molar-refractivity contribution in [1.82, 2.24) is 0 Å². The molecule has 0 unspecified atom stereocenters. The summed E-state index contributed by atoms with van der Waals surface area (Å²) in [6.45, 7) is 1.46. The van der Waals surface area contributed by atoms with Crippen LogP contribution in [0.15, 0.2) is 77.3 Å². The van der Waals surface area contributed by atoms with Crippen LogP contribution in [0.3, 0.4) is 0 Å². The Morgan fingerprint density at radius 2 is 1.58 bits per heavy atom. The summed E-state index contributed by atoms with van der Waals surface area (Å²) >= 11 is 3.46. The fraction of sp³-hybridized carbons (Fsp3) is 0.200. The van der Waals surface area contributed by atoms with Crippen molar-refractivity contribution in [2.24, 2.45) is 11.8 Å². The molecular formula is C30H23BrN2O5. The van der Waals surface area contributed by atoms with Crippen molar-refractivity contribution in [1.29, 1.82) is 0 Å². The quantitative estimate of drug-likeness (QED) is 0.319. The number of ether oxygens (including phenoxy) is 1. The van der Waals surface area contributed by atoms with Crippen LogP contribution in [0.4, 0.5) is 11.4 Å². The predicted molar refractivity (Wildman–Crippen MR) is 146 cm³/mol. The number of carbonyl (C=O) groups is 4. The average Bonchev–Trinajstić information content (AvgIpc) is 3.40. The van der Waals surface area contributed by atoms with E-state index in [0.29, 0.717) is 27.0 Å². The van der Waals surface area contributed by atoms with Gasteiger partial charge in [-0.05, 0) is 76.9 Å². The Balaban J connectivity index is 1.46. The van der Waals surface area contributed by atoms with Crippen molar-refractivity contribution in [3.8, 4) is 5.75 Å².